The molecule has 1 radical (unpaired) electrons. The van der Waals surface area contributed by atoms with Gasteiger partial charge in [0.05, 0.1) is 11.5 Å². The van der Waals surface area contributed by atoms with Gasteiger partial charge in [-0.2, -0.15) is 4.39 Å². The van der Waals surface area contributed by atoms with Gasteiger partial charge in [0.1, 0.15) is 0 Å². The lowest BCUT2D eigenvalue weighted by Crippen LogP contribution is -2.01. The molecule has 1 rings (SSSR count). The SMILES string of the molecule is C[C](CO)c1ccc([N+](=O)[O-])c(F)c1. The van der Waals surface area contributed by atoms with Crippen LogP contribution < -0.4 is 0 Å². The van der Waals surface area contributed by atoms with Crippen LogP contribution in [0.5, 0.6) is 0 Å². The van der Waals surface area contributed by atoms with Gasteiger partial charge in [-0.15, -0.1) is 0 Å². The molecule has 1 N–H and O–H groups in total. The van der Waals surface area contributed by atoms with E-state index in [1.54, 1.807) is 6.92 Å². The van der Waals surface area contributed by atoms with E-state index in [0.29, 0.717) is 11.5 Å². The van der Waals surface area contributed by atoms with Gasteiger partial charge in [-0.25, -0.2) is 0 Å². The first-order chi connectivity index (χ1) is 6.56. The largest absolute Gasteiger partial charge is 0.395 e. The predicted octanol–water partition coefficient (Wildman–Crippen LogP) is 1.67. The Morgan fingerprint density at radius 2 is 2.29 bits per heavy atom. The zero-order chi connectivity index (χ0) is 10.7. The number of aliphatic hydroxyl groups excluding tert-OH is 1. The van der Waals surface area contributed by atoms with Crippen molar-refractivity contribution in [2.75, 3.05) is 6.61 Å². The van der Waals surface area contributed by atoms with Crippen molar-refractivity contribution in [2.24, 2.45) is 0 Å². The Morgan fingerprint density at radius 3 is 2.71 bits per heavy atom. The van der Waals surface area contributed by atoms with Gasteiger partial charge in [0.15, 0.2) is 0 Å². The van der Waals surface area contributed by atoms with Crippen LogP contribution in [0, 0.1) is 21.8 Å². The summed E-state index contributed by atoms with van der Waals surface area (Å²) in [4.78, 5) is 9.50. The normalized spacial score (nSPS) is 10.6. The predicted molar refractivity (Wildman–Crippen MR) is 48.2 cm³/mol. The average Bonchev–Trinajstić information content (AvgIpc) is 2.15. The van der Waals surface area contributed by atoms with Gasteiger partial charge in [0, 0.05) is 12.0 Å². The van der Waals surface area contributed by atoms with Crippen LogP contribution in [-0.2, 0) is 0 Å². The summed E-state index contributed by atoms with van der Waals surface area (Å²) in [5, 5.41) is 19.0. The Bertz CT molecular complexity index is 354. The first kappa shape index (κ1) is 10.6. The molecule has 1 aromatic carbocycles. The Balaban J connectivity index is 3.06. The number of nitrogens with zero attached hydrogens (tertiary/aromatic N) is 1. The smallest absolute Gasteiger partial charge is 0.304 e. The number of benzene rings is 1. The highest BCUT2D eigenvalue weighted by atomic mass is 19.1. The van der Waals surface area contributed by atoms with Crippen molar-refractivity contribution < 1.29 is 14.4 Å². The molecule has 0 saturated carbocycles. The maximum absolute atomic E-state index is 13.1. The lowest BCUT2D eigenvalue weighted by Gasteiger charge is -2.06. The van der Waals surface area contributed by atoms with Crippen molar-refractivity contribution in [3.05, 3.63) is 45.6 Å². The van der Waals surface area contributed by atoms with Crippen molar-refractivity contribution in [1.82, 2.24) is 0 Å². The van der Waals surface area contributed by atoms with Crippen LogP contribution in [0.3, 0.4) is 0 Å². The van der Waals surface area contributed by atoms with Crippen molar-refractivity contribution >= 4 is 5.69 Å². The maximum atomic E-state index is 13.1. The summed E-state index contributed by atoms with van der Waals surface area (Å²) in [7, 11) is 0. The molecule has 0 amide bonds. The molecule has 14 heavy (non-hydrogen) atoms. The lowest BCUT2D eigenvalue weighted by molar-refractivity contribution is -0.387. The number of nitro benzene ring substituents is 1. The van der Waals surface area contributed by atoms with Crippen LogP contribution >= 0.6 is 0 Å². The van der Waals surface area contributed by atoms with Crippen LogP contribution in [0.1, 0.15) is 12.5 Å². The topological polar surface area (TPSA) is 63.4 Å². The molecular formula is C9H9FNO3. The monoisotopic (exact) mass is 198 g/mol. The molecule has 0 bridgehead atoms. The highest BCUT2D eigenvalue weighted by Gasteiger charge is 2.15. The Labute approximate surface area is 80.1 Å². The van der Waals surface area contributed by atoms with Gasteiger partial charge < -0.3 is 5.11 Å². The van der Waals surface area contributed by atoms with Gasteiger partial charge in [0.25, 0.3) is 0 Å². The van der Waals surface area contributed by atoms with Crippen molar-refractivity contribution in [3.8, 4) is 0 Å². The minimum Gasteiger partial charge on any atom is -0.395 e. The average molecular weight is 198 g/mol. The van der Waals surface area contributed by atoms with Crippen LogP contribution in [0.2, 0.25) is 0 Å². The Morgan fingerprint density at radius 1 is 1.64 bits per heavy atom. The van der Waals surface area contributed by atoms with Crippen LogP contribution in [0.25, 0.3) is 0 Å². The van der Waals surface area contributed by atoms with Crippen molar-refractivity contribution in [1.29, 1.82) is 0 Å². The number of hydrogen-bond donors (Lipinski definition) is 1. The molecule has 75 valence electrons. The van der Waals surface area contributed by atoms with Crippen molar-refractivity contribution in [3.63, 3.8) is 0 Å². The molecule has 0 heterocycles. The van der Waals surface area contributed by atoms with Crippen molar-refractivity contribution in [2.45, 2.75) is 6.92 Å². The highest BCUT2D eigenvalue weighted by Crippen LogP contribution is 2.21. The molecule has 0 aromatic heterocycles. The number of rotatable bonds is 3. The number of halogens is 1. The van der Waals surface area contributed by atoms with E-state index in [9.17, 15) is 14.5 Å². The summed E-state index contributed by atoms with van der Waals surface area (Å²) in [5.74, 6) is -0.320. The number of nitro groups is 1. The van der Waals surface area contributed by atoms with Crippen LogP contribution in [0.4, 0.5) is 10.1 Å². The first-order valence-corrected chi connectivity index (χ1v) is 3.94. The first-order valence-electron chi connectivity index (χ1n) is 3.94. The maximum Gasteiger partial charge on any atom is 0.304 e. The zero-order valence-corrected chi connectivity index (χ0v) is 7.53. The quantitative estimate of drug-likeness (QED) is 0.593. The summed E-state index contributed by atoms with van der Waals surface area (Å²) in [6.45, 7) is 1.43. The Hall–Kier alpha value is -1.49. The van der Waals surface area contributed by atoms with Gasteiger partial charge in [0.2, 0.25) is 5.82 Å². The summed E-state index contributed by atoms with van der Waals surface area (Å²) < 4.78 is 13.1. The number of aliphatic hydroxyl groups is 1. The third-order valence-electron chi connectivity index (χ3n) is 1.87. The molecule has 0 aliphatic heterocycles. The fraction of sp³-hybridized carbons (Fsp3) is 0.222. The second-order valence-electron chi connectivity index (χ2n) is 2.86. The van der Waals surface area contributed by atoms with E-state index in [0.717, 1.165) is 12.1 Å². The zero-order valence-electron chi connectivity index (χ0n) is 7.53. The molecule has 1 aromatic rings. The molecule has 0 aliphatic carbocycles. The van der Waals surface area contributed by atoms with E-state index in [1.807, 2.05) is 0 Å². The fourth-order valence-electron chi connectivity index (χ4n) is 1.01. The molecule has 0 aliphatic rings. The van der Waals surface area contributed by atoms with Crippen LogP contribution in [-0.4, -0.2) is 16.6 Å². The van der Waals surface area contributed by atoms with E-state index in [4.69, 9.17) is 5.11 Å². The Kier molecular flexibility index (Phi) is 3.14. The molecule has 4 nitrogen and oxygen atoms in total. The van der Waals surface area contributed by atoms with E-state index >= 15 is 0 Å². The molecule has 0 atom stereocenters. The third-order valence-corrected chi connectivity index (χ3v) is 1.87. The fourth-order valence-corrected chi connectivity index (χ4v) is 1.01. The summed E-state index contributed by atoms with van der Waals surface area (Å²) >= 11 is 0. The molecular weight excluding hydrogens is 189 g/mol. The molecule has 5 heteroatoms. The summed E-state index contributed by atoms with van der Waals surface area (Å²) in [6.07, 6.45) is 0. The van der Waals surface area contributed by atoms with Gasteiger partial charge in [-0.05, 0) is 11.6 Å². The molecule has 0 spiro atoms. The lowest BCUT2D eigenvalue weighted by atomic mass is 10.0. The third kappa shape index (κ3) is 2.05. The van der Waals surface area contributed by atoms with Gasteiger partial charge >= 0.3 is 5.69 Å². The molecule has 0 unspecified atom stereocenters. The van der Waals surface area contributed by atoms with Gasteiger partial charge in [-0.3, -0.25) is 10.1 Å². The highest BCUT2D eigenvalue weighted by molar-refractivity contribution is 5.40. The second kappa shape index (κ2) is 4.15. The standard InChI is InChI=1S/C9H9FNO3/c1-6(5-12)7-2-3-9(11(13)14)8(10)4-7/h2-4,12H,5H2,1H3. The molecule has 0 saturated heterocycles. The summed E-state index contributed by atoms with van der Waals surface area (Å²) in [5.41, 5.74) is -0.0879. The van der Waals surface area contributed by atoms with E-state index in [1.165, 1.54) is 6.07 Å². The van der Waals surface area contributed by atoms with E-state index in [-0.39, 0.29) is 6.61 Å². The molecule has 0 fully saturated rings. The van der Waals surface area contributed by atoms with E-state index in [2.05, 4.69) is 0 Å². The minimum absolute atomic E-state index is 0.197. The van der Waals surface area contributed by atoms with E-state index < -0.39 is 16.4 Å². The minimum atomic E-state index is -0.889. The second-order valence-corrected chi connectivity index (χ2v) is 2.86. The van der Waals surface area contributed by atoms with Gasteiger partial charge in [-0.1, -0.05) is 13.0 Å². The summed E-state index contributed by atoms with van der Waals surface area (Å²) in [6, 6.07) is 3.54. The van der Waals surface area contributed by atoms with Crippen LogP contribution in [0.15, 0.2) is 18.2 Å². The number of hydrogen-bond acceptors (Lipinski definition) is 3.